The first-order valence-corrected chi connectivity index (χ1v) is 8.12. The van der Waals surface area contributed by atoms with Crippen LogP contribution in [0, 0.1) is 0 Å². The van der Waals surface area contributed by atoms with Crippen molar-refractivity contribution in [1.29, 1.82) is 0 Å². The lowest BCUT2D eigenvalue weighted by atomic mass is 9.69. The number of ketones is 1. The van der Waals surface area contributed by atoms with Crippen molar-refractivity contribution in [2.45, 2.75) is 44.2 Å². The largest absolute Gasteiger partial charge is 0.489 e. The van der Waals surface area contributed by atoms with Crippen molar-refractivity contribution in [2.24, 2.45) is 5.73 Å². The van der Waals surface area contributed by atoms with Crippen LogP contribution in [0.25, 0.3) is 0 Å². The molecule has 0 heterocycles. The van der Waals surface area contributed by atoms with Crippen LogP contribution in [0.15, 0.2) is 54.6 Å². The van der Waals surface area contributed by atoms with Gasteiger partial charge < -0.3 is 10.5 Å². The Bertz CT molecular complexity index is 683. The Balaban J connectivity index is 1.73. The van der Waals surface area contributed by atoms with E-state index in [-0.39, 0.29) is 17.2 Å². The van der Waals surface area contributed by atoms with Crippen molar-refractivity contribution in [3.63, 3.8) is 0 Å². The predicted octanol–water partition coefficient (Wildman–Crippen LogP) is 3.60. The van der Waals surface area contributed by atoms with Gasteiger partial charge in [-0.3, -0.25) is 4.79 Å². The molecule has 0 spiro atoms. The minimum atomic E-state index is -0.345. The van der Waals surface area contributed by atoms with Gasteiger partial charge in [0.15, 0.2) is 0 Å². The summed E-state index contributed by atoms with van der Waals surface area (Å²) in [6, 6.07) is 18.0. The number of hydrogen-bond donors (Lipinski definition) is 1. The smallest absolute Gasteiger partial charge is 0.149 e. The van der Waals surface area contributed by atoms with E-state index in [9.17, 15) is 4.79 Å². The number of Topliss-reactive ketones (excluding diaryl/α,β-unsaturated/α-hetero) is 1. The van der Waals surface area contributed by atoms with E-state index in [4.69, 9.17) is 10.5 Å². The summed E-state index contributed by atoms with van der Waals surface area (Å²) in [5, 5.41) is 0. The molecule has 2 aromatic rings. The molecule has 3 heteroatoms. The Morgan fingerprint density at radius 2 is 1.96 bits per heavy atom. The molecular formula is C20H23NO2. The Labute approximate surface area is 137 Å². The first-order valence-electron chi connectivity index (χ1n) is 8.12. The fraction of sp³-hybridized carbons (Fsp3) is 0.350. The standard InChI is InChI=1S/C20H23NO2/c1-20(11-10-19(22)18(21)13-20)16-8-5-9-17(12-16)23-14-15-6-3-2-4-7-15/h2-9,12,18H,10-11,13-14,21H2,1H3. The third-order valence-electron chi connectivity index (χ3n) is 4.79. The van der Waals surface area contributed by atoms with E-state index in [0.717, 1.165) is 17.7 Å². The molecule has 0 radical (unpaired) electrons. The minimum Gasteiger partial charge on any atom is -0.489 e. The Morgan fingerprint density at radius 3 is 2.70 bits per heavy atom. The summed E-state index contributed by atoms with van der Waals surface area (Å²) in [6.45, 7) is 2.74. The van der Waals surface area contributed by atoms with Gasteiger partial charge in [-0.25, -0.2) is 0 Å². The highest BCUT2D eigenvalue weighted by Crippen LogP contribution is 2.38. The molecule has 120 valence electrons. The summed E-state index contributed by atoms with van der Waals surface area (Å²) in [5.41, 5.74) is 8.27. The quantitative estimate of drug-likeness (QED) is 0.938. The van der Waals surface area contributed by atoms with Gasteiger partial charge in [-0.05, 0) is 41.5 Å². The SMILES string of the molecule is CC1(c2cccc(OCc3ccccc3)c2)CCC(=O)C(N)C1. The second-order valence-corrected chi connectivity index (χ2v) is 6.64. The van der Waals surface area contributed by atoms with Gasteiger partial charge in [0.25, 0.3) is 0 Å². The van der Waals surface area contributed by atoms with E-state index in [1.165, 1.54) is 5.56 Å². The van der Waals surface area contributed by atoms with Crippen LogP contribution in [0.2, 0.25) is 0 Å². The molecule has 3 rings (SSSR count). The number of carbonyl (C=O) groups is 1. The van der Waals surface area contributed by atoms with Crippen LogP contribution in [-0.4, -0.2) is 11.8 Å². The lowest BCUT2D eigenvalue weighted by molar-refractivity contribution is -0.122. The highest BCUT2D eigenvalue weighted by atomic mass is 16.5. The summed E-state index contributed by atoms with van der Waals surface area (Å²) >= 11 is 0. The van der Waals surface area contributed by atoms with Gasteiger partial charge >= 0.3 is 0 Å². The summed E-state index contributed by atoms with van der Waals surface area (Å²) in [6.07, 6.45) is 2.11. The third-order valence-corrected chi connectivity index (χ3v) is 4.79. The lowest BCUT2D eigenvalue weighted by Crippen LogP contribution is -2.43. The van der Waals surface area contributed by atoms with E-state index in [0.29, 0.717) is 19.4 Å². The van der Waals surface area contributed by atoms with Gasteiger partial charge in [0, 0.05) is 6.42 Å². The molecule has 1 aliphatic carbocycles. The zero-order valence-electron chi connectivity index (χ0n) is 13.5. The van der Waals surface area contributed by atoms with E-state index in [1.54, 1.807) is 0 Å². The number of ether oxygens (including phenoxy) is 1. The Kier molecular flexibility index (Phi) is 4.49. The van der Waals surface area contributed by atoms with Gasteiger partial charge in [0.2, 0.25) is 0 Å². The van der Waals surface area contributed by atoms with Crippen molar-refractivity contribution in [3.8, 4) is 5.75 Å². The average Bonchev–Trinajstić information content (AvgIpc) is 2.58. The summed E-state index contributed by atoms with van der Waals surface area (Å²) < 4.78 is 5.92. The van der Waals surface area contributed by atoms with Gasteiger partial charge in [-0.1, -0.05) is 49.4 Å². The fourth-order valence-electron chi connectivity index (χ4n) is 3.25. The van der Waals surface area contributed by atoms with Crippen molar-refractivity contribution < 1.29 is 9.53 Å². The molecule has 0 bridgehead atoms. The Morgan fingerprint density at radius 1 is 1.17 bits per heavy atom. The summed E-state index contributed by atoms with van der Waals surface area (Å²) in [5.74, 6) is 1.04. The molecule has 2 N–H and O–H groups in total. The molecule has 0 aromatic heterocycles. The molecule has 0 amide bonds. The van der Waals surface area contributed by atoms with E-state index in [1.807, 2.05) is 30.3 Å². The number of hydrogen-bond acceptors (Lipinski definition) is 3. The van der Waals surface area contributed by atoms with Crippen LogP contribution in [0.4, 0.5) is 0 Å². The molecule has 3 nitrogen and oxygen atoms in total. The van der Waals surface area contributed by atoms with Crippen LogP contribution < -0.4 is 10.5 Å². The third kappa shape index (κ3) is 3.62. The highest BCUT2D eigenvalue weighted by molar-refractivity contribution is 5.85. The van der Waals surface area contributed by atoms with E-state index in [2.05, 4.69) is 31.2 Å². The van der Waals surface area contributed by atoms with Crippen LogP contribution in [-0.2, 0) is 16.8 Å². The molecule has 2 aromatic carbocycles. The molecule has 0 saturated heterocycles. The van der Waals surface area contributed by atoms with Crippen molar-refractivity contribution in [2.75, 3.05) is 0 Å². The van der Waals surface area contributed by atoms with Gasteiger partial charge in [-0.2, -0.15) is 0 Å². The number of nitrogens with two attached hydrogens (primary N) is 1. The second-order valence-electron chi connectivity index (χ2n) is 6.64. The lowest BCUT2D eigenvalue weighted by Gasteiger charge is -2.36. The summed E-state index contributed by atoms with van der Waals surface area (Å²) in [4.78, 5) is 11.7. The van der Waals surface area contributed by atoms with Gasteiger partial charge in [0.05, 0.1) is 6.04 Å². The number of carbonyl (C=O) groups excluding carboxylic acids is 1. The monoisotopic (exact) mass is 309 g/mol. The predicted molar refractivity (Wildman–Crippen MR) is 91.4 cm³/mol. The maximum Gasteiger partial charge on any atom is 0.149 e. The molecule has 1 fully saturated rings. The molecular weight excluding hydrogens is 286 g/mol. The number of rotatable bonds is 4. The van der Waals surface area contributed by atoms with Gasteiger partial charge in [0.1, 0.15) is 18.1 Å². The Hall–Kier alpha value is -2.13. The zero-order valence-corrected chi connectivity index (χ0v) is 13.5. The number of benzene rings is 2. The topological polar surface area (TPSA) is 52.3 Å². The normalized spacial score (nSPS) is 24.4. The molecule has 2 unspecified atom stereocenters. The molecule has 0 aliphatic heterocycles. The molecule has 2 atom stereocenters. The average molecular weight is 309 g/mol. The summed E-state index contributed by atoms with van der Waals surface area (Å²) in [7, 11) is 0. The molecule has 23 heavy (non-hydrogen) atoms. The van der Waals surface area contributed by atoms with Crippen LogP contribution in [0.1, 0.15) is 37.3 Å². The van der Waals surface area contributed by atoms with E-state index < -0.39 is 0 Å². The zero-order chi connectivity index (χ0) is 16.3. The van der Waals surface area contributed by atoms with Crippen molar-refractivity contribution >= 4 is 5.78 Å². The minimum absolute atomic E-state index is 0.0561. The maximum atomic E-state index is 11.7. The first kappa shape index (κ1) is 15.8. The van der Waals surface area contributed by atoms with Crippen LogP contribution >= 0.6 is 0 Å². The molecule has 1 saturated carbocycles. The van der Waals surface area contributed by atoms with E-state index >= 15 is 0 Å². The fourth-order valence-corrected chi connectivity index (χ4v) is 3.25. The highest BCUT2D eigenvalue weighted by Gasteiger charge is 2.36. The van der Waals surface area contributed by atoms with Gasteiger partial charge in [-0.15, -0.1) is 0 Å². The molecule has 1 aliphatic rings. The van der Waals surface area contributed by atoms with Crippen LogP contribution in [0.3, 0.4) is 0 Å². The maximum absolute atomic E-state index is 11.7. The second kappa shape index (κ2) is 6.55. The van der Waals surface area contributed by atoms with Crippen molar-refractivity contribution in [3.05, 3.63) is 65.7 Å². The first-order chi connectivity index (χ1) is 11.1. The van der Waals surface area contributed by atoms with Crippen molar-refractivity contribution in [1.82, 2.24) is 0 Å². The van der Waals surface area contributed by atoms with Crippen LogP contribution in [0.5, 0.6) is 5.75 Å².